The number of nitrogens with one attached hydrogen (secondary N) is 1. The first-order chi connectivity index (χ1) is 12.8. The van der Waals surface area contributed by atoms with Gasteiger partial charge >= 0.3 is 12.1 Å². The van der Waals surface area contributed by atoms with Crippen molar-refractivity contribution in [1.29, 1.82) is 0 Å². The average molecular weight is 385 g/mol. The van der Waals surface area contributed by atoms with Crippen molar-refractivity contribution in [2.24, 2.45) is 0 Å². The molecule has 146 valence electrons. The Kier molecular flexibility index (Phi) is 6.94. The van der Waals surface area contributed by atoms with Crippen molar-refractivity contribution in [2.45, 2.75) is 19.5 Å². The number of benzene rings is 1. The van der Waals surface area contributed by atoms with Crippen LogP contribution < -0.4 is 5.32 Å². The second-order valence-corrected chi connectivity index (χ2v) is 5.35. The van der Waals surface area contributed by atoms with Gasteiger partial charge in [0.25, 0.3) is 0 Å². The number of aromatic nitrogens is 2. The first kappa shape index (κ1) is 20.4. The van der Waals surface area contributed by atoms with Gasteiger partial charge in [0.1, 0.15) is 6.61 Å². The van der Waals surface area contributed by atoms with E-state index in [1.165, 1.54) is 16.9 Å². The zero-order chi connectivity index (χ0) is 19.9. The number of ether oxygens (including phenoxy) is 2. The Morgan fingerprint density at radius 1 is 1.22 bits per heavy atom. The lowest BCUT2D eigenvalue weighted by Gasteiger charge is -2.11. The lowest BCUT2D eigenvalue weighted by Crippen LogP contribution is -2.20. The van der Waals surface area contributed by atoms with Gasteiger partial charge in [-0.3, -0.25) is 4.79 Å². The van der Waals surface area contributed by atoms with E-state index < -0.39 is 24.7 Å². The molecule has 0 aliphatic carbocycles. The second-order valence-electron chi connectivity index (χ2n) is 5.35. The molecular formula is C17H18F3N3O4. The summed E-state index contributed by atoms with van der Waals surface area (Å²) in [5.74, 6) is -1.08. The van der Waals surface area contributed by atoms with Gasteiger partial charge in [-0.15, -0.1) is 0 Å². The zero-order valence-corrected chi connectivity index (χ0v) is 14.5. The molecule has 0 saturated carbocycles. The fourth-order valence-electron chi connectivity index (χ4n) is 2.12. The Morgan fingerprint density at radius 2 is 1.96 bits per heavy atom. The molecule has 0 saturated heterocycles. The first-order valence-corrected chi connectivity index (χ1v) is 8.06. The summed E-state index contributed by atoms with van der Waals surface area (Å²) >= 11 is 0. The van der Waals surface area contributed by atoms with Gasteiger partial charge in [-0.25, -0.2) is 9.48 Å². The van der Waals surface area contributed by atoms with Gasteiger partial charge in [0.15, 0.2) is 5.69 Å². The molecule has 1 aromatic heterocycles. The Balaban J connectivity index is 2.01. The molecule has 1 amide bonds. The smallest absolute Gasteiger partial charge is 0.411 e. The summed E-state index contributed by atoms with van der Waals surface area (Å²) in [5, 5.41) is 6.70. The maximum Gasteiger partial charge on any atom is 0.411 e. The van der Waals surface area contributed by atoms with E-state index in [4.69, 9.17) is 4.74 Å². The highest BCUT2D eigenvalue weighted by Crippen LogP contribution is 2.20. The molecular weight excluding hydrogens is 367 g/mol. The maximum absolute atomic E-state index is 12.0. The summed E-state index contributed by atoms with van der Waals surface area (Å²) in [6.07, 6.45) is -3.14. The van der Waals surface area contributed by atoms with E-state index in [1.54, 1.807) is 31.2 Å². The first-order valence-electron chi connectivity index (χ1n) is 8.06. The van der Waals surface area contributed by atoms with Gasteiger partial charge in [0.2, 0.25) is 5.91 Å². The predicted molar refractivity (Wildman–Crippen MR) is 89.6 cm³/mol. The molecule has 2 rings (SSSR count). The molecule has 1 aromatic carbocycles. The van der Waals surface area contributed by atoms with Crippen molar-refractivity contribution in [3.8, 4) is 5.69 Å². The van der Waals surface area contributed by atoms with Crippen molar-refractivity contribution in [2.75, 3.05) is 25.1 Å². The minimum absolute atomic E-state index is 0.110. The van der Waals surface area contributed by atoms with Gasteiger partial charge < -0.3 is 14.8 Å². The van der Waals surface area contributed by atoms with E-state index in [0.717, 1.165) is 0 Å². The molecule has 0 spiro atoms. The molecule has 1 N–H and O–H groups in total. The summed E-state index contributed by atoms with van der Waals surface area (Å²) in [6, 6.07) is 8.13. The molecule has 1 heterocycles. The molecule has 0 bridgehead atoms. The van der Waals surface area contributed by atoms with Gasteiger partial charge in [0, 0.05) is 6.20 Å². The molecule has 7 nitrogen and oxygen atoms in total. The molecule has 0 unspecified atom stereocenters. The van der Waals surface area contributed by atoms with Crippen LogP contribution in [0, 0.1) is 0 Å². The molecule has 0 atom stereocenters. The van der Waals surface area contributed by atoms with Crippen LogP contribution in [0.3, 0.4) is 0 Å². The van der Waals surface area contributed by atoms with Gasteiger partial charge in [-0.2, -0.15) is 18.3 Å². The minimum Gasteiger partial charge on any atom is -0.461 e. The van der Waals surface area contributed by atoms with E-state index in [9.17, 15) is 22.8 Å². The van der Waals surface area contributed by atoms with Crippen molar-refractivity contribution in [3.05, 3.63) is 42.2 Å². The van der Waals surface area contributed by atoms with Crippen LogP contribution in [-0.2, 0) is 14.3 Å². The largest absolute Gasteiger partial charge is 0.461 e. The molecule has 2 aromatic rings. The van der Waals surface area contributed by atoms with Crippen LogP contribution in [-0.4, -0.2) is 47.7 Å². The highest BCUT2D eigenvalue weighted by atomic mass is 19.4. The molecule has 0 radical (unpaired) electrons. The third-order valence-electron chi connectivity index (χ3n) is 3.24. The number of halogens is 3. The summed E-state index contributed by atoms with van der Waals surface area (Å²) in [5.41, 5.74) is 0.980. The van der Waals surface area contributed by atoms with Crippen LogP contribution in [0.5, 0.6) is 0 Å². The highest BCUT2D eigenvalue weighted by Gasteiger charge is 2.27. The van der Waals surface area contributed by atoms with Crippen LogP contribution >= 0.6 is 0 Å². The van der Waals surface area contributed by atoms with Crippen LogP contribution in [0.15, 0.2) is 36.5 Å². The molecule has 0 aliphatic rings. The lowest BCUT2D eigenvalue weighted by atomic mass is 10.2. The number of hydrogen-bond donors (Lipinski definition) is 1. The third kappa shape index (κ3) is 6.41. The quantitative estimate of drug-likeness (QED) is 0.558. The van der Waals surface area contributed by atoms with Crippen molar-refractivity contribution in [3.63, 3.8) is 0 Å². The third-order valence-corrected chi connectivity index (χ3v) is 3.24. The average Bonchev–Trinajstić information content (AvgIpc) is 3.09. The molecule has 10 heteroatoms. The molecule has 0 fully saturated rings. The fraction of sp³-hybridized carbons (Fsp3) is 0.353. The Labute approximate surface area is 153 Å². The standard InChI is InChI=1S/C17H18F3N3O4/c1-2-27-16(25)13-7-9-23(22-13)14-6-4-3-5-12(14)21-15(24)8-10-26-11-17(18,19)20/h3-7,9H,2,8,10-11H2,1H3,(H,21,24). The van der Waals surface area contributed by atoms with E-state index in [-0.39, 0.29) is 25.3 Å². The second kappa shape index (κ2) is 9.17. The number of hydrogen-bond acceptors (Lipinski definition) is 5. The number of anilines is 1. The Hall–Kier alpha value is -2.88. The summed E-state index contributed by atoms with van der Waals surface area (Å²) in [6.45, 7) is 0.135. The lowest BCUT2D eigenvalue weighted by molar-refractivity contribution is -0.174. The summed E-state index contributed by atoms with van der Waals surface area (Å²) < 4.78 is 46.7. The van der Waals surface area contributed by atoms with Crippen LogP contribution in [0.25, 0.3) is 5.69 Å². The SMILES string of the molecule is CCOC(=O)c1ccn(-c2ccccc2NC(=O)CCOCC(F)(F)F)n1. The Bertz CT molecular complexity index is 790. The van der Waals surface area contributed by atoms with Crippen LogP contribution in [0.1, 0.15) is 23.8 Å². The number of para-hydroxylation sites is 2. The normalized spacial score (nSPS) is 11.3. The topological polar surface area (TPSA) is 82.5 Å². The van der Waals surface area contributed by atoms with E-state index in [1.807, 2.05) is 0 Å². The summed E-state index contributed by atoms with van der Waals surface area (Å²) in [7, 11) is 0. The number of esters is 1. The van der Waals surface area contributed by atoms with Gasteiger partial charge in [-0.1, -0.05) is 12.1 Å². The highest BCUT2D eigenvalue weighted by molar-refractivity contribution is 5.93. The van der Waals surface area contributed by atoms with Gasteiger partial charge in [-0.05, 0) is 25.1 Å². The summed E-state index contributed by atoms with van der Waals surface area (Å²) in [4.78, 5) is 23.7. The predicted octanol–water partition coefficient (Wildman–Crippen LogP) is 2.96. The van der Waals surface area contributed by atoms with Crippen molar-refractivity contribution < 1.29 is 32.2 Å². The zero-order valence-electron chi connectivity index (χ0n) is 14.5. The number of alkyl halides is 3. The van der Waals surface area contributed by atoms with E-state index >= 15 is 0 Å². The number of amides is 1. The number of rotatable bonds is 8. The minimum atomic E-state index is -4.43. The molecule has 0 aliphatic heterocycles. The van der Waals surface area contributed by atoms with Gasteiger partial charge in [0.05, 0.1) is 31.0 Å². The van der Waals surface area contributed by atoms with Crippen LogP contribution in [0.4, 0.5) is 18.9 Å². The maximum atomic E-state index is 12.0. The van der Waals surface area contributed by atoms with Crippen molar-refractivity contribution >= 4 is 17.6 Å². The van der Waals surface area contributed by atoms with Crippen LogP contribution in [0.2, 0.25) is 0 Å². The number of nitrogens with zero attached hydrogens (tertiary/aromatic N) is 2. The fourth-order valence-corrected chi connectivity index (χ4v) is 2.12. The van der Waals surface area contributed by atoms with E-state index in [0.29, 0.717) is 11.4 Å². The number of carbonyl (C=O) groups excluding carboxylic acids is 2. The number of carbonyl (C=O) groups is 2. The monoisotopic (exact) mass is 385 g/mol. The molecule has 27 heavy (non-hydrogen) atoms. The van der Waals surface area contributed by atoms with Crippen molar-refractivity contribution in [1.82, 2.24) is 9.78 Å². The Morgan fingerprint density at radius 3 is 2.67 bits per heavy atom. The van der Waals surface area contributed by atoms with E-state index in [2.05, 4.69) is 15.2 Å².